The molecule has 9 heavy (non-hydrogen) atoms. The summed E-state index contributed by atoms with van der Waals surface area (Å²) in [6, 6.07) is 0. The minimum atomic E-state index is -0.311. The zero-order valence-electron chi connectivity index (χ0n) is 6.18. The SMILES string of the molecule is CCC(N)(CN)COC. The van der Waals surface area contributed by atoms with E-state index in [0.29, 0.717) is 13.2 Å². The van der Waals surface area contributed by atoms with Crippen molar-refractivity contribution in [2.24, 2.45) is 11.5 Å². The number of hydrogen-bond donors (Lipinski definition) is 2. The summed E-state index contributed by atoms with van der Waals surface area (Å²) < 4.78 is 4.88. The average molecular weight is 132 g/mol. The van der Waals surface area contributed by atoms with Gasteiger partial charge < -0.3 is 16.2 Å². The van der Waals surface area contributed by atoms with E-state index in [0.717, 1.165) is 6.42 Å². The lowest BCUT2D eigenvalue weighted by molar-refractivity contribution is 0.133. The molecule has 56 valence electrons. The summed E-state index contributed by atoms with van der Waals surface area (Å²) >= 11 is 0. The highest BCUT2D eigenvalue weighted by Gasteiger charge is 2.19. The Morgan fingerprint density at radius 2 is 2.11 bits per heavy atom. The van der Waals surface area contributed by atoms with Gasteiger partial charge in [0.1, 0.15) is 0 Å². The van der Waals surface area contributed by atoms with Gasteiger partial charge in [0.15, 0.2) is 0 Å². The number of rotatable bonds is 4. The summed E-state index contributed by atoms with van der Waals surface area (Å²) in [5.74, 6) is 0. The molecule has 0 aliphatic carbocycles. The van der Waals surface area contributed by atoms with Crippen molar-refractivity contribution in [3.8, 4) is 0 Å². The van der Waals surface area contributed by atoms with E-state index >= 15 is 0 Å². The van der Waals surface area contributed by atoms with Crippen molar-refractivity contribution in [1.29, 1.82) is 0 Å². The molecule has 0 amide bonds. The molecule has 1 atom stereocenters. The van der Waals surface area contributed by atoms with Gasteiger partial charge in [0.25, 0.3) is 0 Å². The molecule has 0 aromatic heterocycles. The third-order valence-corrected chi connectivity index (χ3v) is 1.54. The second kappa shape index (κ2) is 3.82. The Morgan fingerprint density at radius 3 is 2.22 bits per heavy atom. The molecule has 3 nitrogen and oxygen atoms in total. The molecular formula is C6H16N2O. The highest BCUT2D eigenvalue weighted by molar-refractivity contribution is 4.82. The number of nitrogens with two attached hydrogens (primary N) is 2. The highest BCUT2D eigenvalue weighted by atomic mass is 16.5. The number of hydrogen-bond acceptors (Lipinski definition) is 3. The summed E-state index contributed by atoms with van der Waals surface area (Å²) in [5, 5.41) is 0. The van der Waals surface area contributed by atoms with Crippen molar-refractivity contribution >= 4 is 0 Å². The maximum atomic E-state index is 5.76. The number of ether oxygens (including phenoxy) is 1. The Balaban J connectivity index is 3.62. The van der Waals surface area contributed by atoms with E-state index in [9.17, 15) is 0 Å². The summed E-state index contributed by atoms with van der Waals surface area (Å²) in [5.41, 5.74) is 10.8. The first-order valence-electron chi connectivity index (χ1n) is 3.16. The first-order chi connectivity index (χ1) is 4.18. The van der Waals surface area contributed by atoms with Crippen molar-refractivity contribution in [3.05, 3.63) is 0 Å². The second-order valence-electron chi connectivity index (χ2n) is 2.35. The van der Waals surface area contributed by atoms with E-state index in [-0.39, 0.29) is 5.54 Å². The zero-order chi connectivity index (χ0) is 7.33. The molecule has 0 aromatic rings. The molecule has 3 heteroatoms. The smallest absolute Gasteiger partial charge is 0.0654 e. The van der Waals surface area contributed by atoms with Gasteiger partial charge in [0.05, 0.1) is 12.1 Å². The van der Waals surface area contributed by atoms with Crippen LogP contribution in [0.2, 0.25) is 0 Å². The van der Waals surface area contributed by atoms with Crippen LogP contribution < -0.4 is 11.5 Å². The quantitative estimate of drug-likeness (QED) is 0.552. The van der Waals surface area contributed by atoms with Crippen LogP contribution >= 0.6 is 0 Å². The van der Waals surface area contributed by atoms with Crippen LogP contribution in [0.3, 0.4) is 0 Å². The van der Waals surface area contributed by atoms with Gasteiger partial charge in [-0.3, -0.25) is 0 Å². The average Bonchev–Trinajstić information content (AvgIpc) is 1.89. The van der Waals surface area contributed by atoms with Gasteiger partial charge in [0, 0.05) is 13.7 Å². The molecule has 0 spiro atoms. The summed E-state index contributed by atoms with van der Waals surface area (Å²) in [7, 11) is 1.63. The van der Waals surface area contributed by atoms with E-state index in [1.807, 2.05) is 6.92 Å². The molecule has 0 saturated carbocycles. The van der Waals surface area contributed by atoms with Gasteiger partial charge in [-0.15, -0.1) is 0 Å². The van der Waals surface area contributed by atoms with Gasteiger partial charge in [-0.1, -0.05) is 6.92 Å². The Kier molecular flexibility index (Phi) is 3.77. The Hall–Kier alpha value is -0.120. The highest BCUT2D eigenvalue weighted by Crippen LogP contribution is 2.02. The molecule has 0 bridgehead atoms. The topological polar surface area (TPSA) is 61.3 Å². The van der Waals surface area contributed by atoms with Crippen LogP contribution in [0.15, 0.2) is 0 Å². The Morgan fingerprint density at radius 1 is 1.56 bits per heavy atom. The lowest BCUT2D eigenvalue weighted by atomic mass is 10.00. The first kappa shape index (κ1) is 8.88. The van der Waals surface area contributed by atoms with Crippen molar-refractivity contribution < 1.29 is 4.74 Å². The molecule has 0 heterocycles. The van der Waals surface area contributed by atoms with Crippen LogP contribution in [-0.4, -0.2) is 25.8 Å². The fourth-order valence-corrected chi connectivity index (χ4v) is 0.593. The lowest BCUT2D eigenvalue weighted by Gasteiger charge is -2.24. The normalized spacial score (nSPS) is 17.3. The van der Waals surface area contributed by atoms with Crippen LogP contribution in [0.5, 0.6) is 0 Å². The van der Waals surface area contributed by atoms with Gasteiger partial charge in [0.2, 0.25) is 0 Å². The van der Waals surface area contributed by atoms with Gasteiger partial charge in [-0.2, -0.15) is 0 Å². The zero-order valence-corrected chi connectivity index (χ0v) is 6.18. The fraction of sp³-hybridized carbons (Fsp3) is 1.00. The van der Waals surface area contributed by atoms with Crippen molar-refractivity contribution in [2.75, 3.05) is 20.3 Å². The monoisotopic (exact) mass is 132 g/mol. The van der Waals surface area contributed by atoms with Crippen LogP contribution in [0.1, 0.15) is 13.3 Å². The second-order valence-corrected chi connectivity index (χ2v) is 2.35. The van der Waals surface area contributed by atoms with Crippen molar-refractivity contribution in [2.45, 2.75) is 18.9 Å². The molecule has 0 rings (SSSR count). The predicted molar refractivity (Wildman–Crippen MR) is 38.1 cm³/mol. The van der Waals surface area contributed by atoms with Gasteiger partial charge in [-0.25, -0.2) is 0 Å². The molecule has 0 saturated heterocycles. The third-order valence-electron chi connectivity index (χ3n) is 1.54. The molecule has 0 radical (unpaired) electrons. The maximum absolute atomic E-state index is 5.76. The minimum Gasteiger partial charge on any atom is -0.383 e. The molecular weight excluding hydrogens is 116 g/mol. The lowest BCUT2D eigenvalue weighted by Crippen LogP contribution is -2.50. The van der Waals surface area contributed by atoms with Crippen LogP contribution in [0.25, 0.3) is 0 Å². The van der Waals surface area contributed by atoms with Gasteiger partial charge in [-0.05, 0) is 6.42 Å². The van der Waals surface area contributed by atoms with Crippen LogP contribution in [0, 0.1) is 0 Å². The Labute approximate surface area is 56.4 Å². The molecule has 0 fully saturated rings. The molecule has 0 aliphatic heterocycles. The van der Waals surface area contributed by atoms with Crippen LogP contribution in [-0.2, 0) is 4.74 Å². The molecule has 0 aromatic carbocycles. The minimum absolute atomic E-state index is 0.311. The fourth-order valence-electron chi connectivity index (χ4n) is 0.593. The van der Waals surface area contributed by atoms with E-state index in [2.05, 4.69) is 0 Å². The molecule has 0 aliphatic rings. The van der Waals surface area contributed by atoms with E-state index < -0.39 is 0 Å². The van der Waals surface area contributed by atoms with Crippen molar-refractivity contribution in [3.63, 3.8) is 0 Å². The predicted octanol–water partition coefficient (Wildman–Crippen LogP) is -0.301. The standard InChI is InChI=1S/C6H16N2O/c1-3-6(8,4-7)5-9-2/h3-5,7-8H2,1-2H3. The van der Waals surface area contributed by atoms with E-state index in [1.165, 1.54) is 0 Å². The summed E-state index contributed by atoms with van der Waals surface area (Å²) in [6.07, 6.45) is 0.858. The van der Waals surface area contributed by atoms with Crippen LogP contribution in [0.4, 0.5) is 0 Å². The molecule has 4 N–H and O–H groups in total. The van der Waals surface area contributed by atoms with Crippen molar-refractivity contribution in [1.82, 2.24) is 0 Å². The third kappa shape index (κ3) is 2.79. The first-order valence-corrected chi connectivity index (χ1v) is 3.16. The largest absolute Gasteiger partial charge is 0.383 e. The molecule has 1 unspecified atom stereocenters. The Bertz CT molecular complexity index is 71.5. The summed E-state index contributed by atoms with van der Waals surface area (Å²) in [4.78, 5) is 0. The summed E-state index contributed by atoms with van der Waals surface area (Å²) in [6.45, 7) is 3.03. The van der Waals surface area contributed by atoms with E-state index in [4.69, 9.17) is 16.2 Å². The van der Waals surface area contributed by atoms with Gasteiger partial charge >= 0.3 is 0 Å². The maximum Gasteiger partial charge on any atom is 0.0654 e. The number of methoxy groups -OCH3 is 1. The van der Waals surface area contributed by atoms with E-state index in [1.54, 1.807) is 7.11 Å².